The Labute approximate surface area is 112 Å². The van der Waals surface area contributed by atoms with E-state index in [-0.39, 0.29) is 5.96 Å². The maximum atomic E-state index is 5.18. The molecule has 0 aromatic heterocycles. The zero-order chi connectivity index (χ0) is 13.5. The lowest BCUT2D eigenvalue weighted by Crippen LogP contribution is -2.21. The van der Waals surface area contributed by atoms with Gasteiger partial charge >= 0.3 is 0 Å². The van der Waals surface area contributed by atoms with E-state index in [0.29, 0.717) is 0 Å². The molecular formula is C15H16N4. The molecule has 2 rings (SSSR count). The monoisotopic (exact) mass is 252 g/mol. The number of guanidine groups is 1. The Kier molecular flexibility index (Phi) is 4.29. The van der Waals surface area contributed by atoms with Gasteiger partial charge in [-0.2, -0.15) is 5.10 Å². The largest absolute Gasteiger partial charge is 0.369 e. The summed E-state index contributed by atoms with van der Waals surface area (Å²) < 4.78 is 0. The normalized spacial score (nSPS) is 10.5. The summed E-state index contributed by atoms with van der Waals surface area (Å²) in [7, 11) is 0. The van der Waals surface area contributed by atoms with Gasteiger partial charge in [-0.25, -0.2) is 0 Å². The van der Waals surface area contributed by atoms with E-state index in [1.807, 2.05) is 30.3 Å². The van der Waals surface area contributed by atoms with E-state index in [2.05, 4.69) is 34.5 Å². The second kappa shape index (κ2) is 6.35. The van der Waals surface area contributed by atoms with Crippen LogP contribution in [0.5, 0.6) is 0 Å². The standard InChI is InChI=1S/C15H16N4/c16-15(17)19-18-11-14-8-6-13(7-9-14)10-12-4-2-1-3-5-12/h1-9,11H,10H2,(H4,16,17,19)/b18-11-. The fraction of sp³-hybridized carbons (Fsp3) is 0.0667. The molecule has 0 fully saturated rings. The third-order valence-corrected chi connectivity index (χ3v) is 2.61. The molecule has 0 aliphatic carbocycles. The molecule has 2 aromatic rings. The van der Waals surface area contributed by atoms with Gasteiger partial charge < -0.3 is 11.5 Å². The molecule has 0 aliphatic heterocycles. The van der Waals surface area contributed by atoms with E-state index < -0.39 is 0 Å². The number of hydrogen-bond donors (Lipinski definition) is 2. The van der Waals surface area contributed by atoms with Crippen LogP contribution in [-0.2, 0) is 6.42 Å². The smallest absolute Gasteiger partial charge is 0.211 e. The zero-order valence-corrected chi connectivity index (χ0v) is 10.5. The van der Waals surface area contributed by atoms with Gasteiger partial charge in [0.05, 0.1) is 6.21 Å². The van der Waals surface area contributed by atoms with E-state index in [1.165, 1.54) is 11.1 Å². The summed E-state index contributed by atoms with van der Waals surface area (Å²) in [4.78, 5) is 0. The number of benzene rings is 2. The van der Waals surface area contributed by atoms with Crippen LogP contribution in [0.4, 0.5) is 0 Å². The SMILES string of the molecule is NC(N)=N/N=C\c1ccc(Cc2ccccc2)cc1. The lowest BCUT2D eigenvalue weighted by atomic mass is 10.0. The molecule has 0 aliphatic rings. The molecular weight excluding hydrogens is 236 g/mol. The van der Waals surface area contributed by atoms with Crippen molar-refractivity contribution in [2.75, 3.05) is 0 Å². The molecule has 0 spiro atoms. The van der Waals surface area contributed by atoms with Crippen LogP contribution in [0.3, 0.4) is 0 Å². The van der Waals surface area contributed by atoms with Crippen LogP contribution in [0, 0.1) is 0 Å². The van der Waals surface area contributed by atoms with Crippen molar-refractivity contribution in [2.24, 2.45) is 21.7 Å². The average Bonchev–Trinajstić information content (AvgIpc) is 2.42. The van der Waals surface area contributed by atoms with Gasteiger partial charge in [-0.1, -0.05) is 54.6 Å². The molecule has 4 heteroatoms. The lowest BCUT2D eigenvalue weighted by molar-refractivity contribution is 1.19. The van der Waals surface area contributed by atoms with Crippen LogP contribution in [0.25, 0.3) is 0 Å². The van der Waals surface area contributed by atoms with Crippen molar-refractivity contribution < 1.29 is 0 Å². The van der Waals surface area contributed by atoms with Crippen LogP contribution in [0.15, 0.2) is 64.8 Å². The topological polar surface area (TPSA) is 76.8 Å². The Hall–Kier alpha value is -2.62. The second-order valence-electron chi connectivity index (χ2n) is 4.17. The van der Waals surface area contributed by atoms with Crippen molar-refractivity contribution in [1.82, 2.24) is 0 Å². The van der Waals surface area contributed by atoms with Gasteiger partial charge in [-0.05, 0) is 23.1 Å². The molecule has 0 bridgehead atoms. The van der Waals surface area contributed by atoms with Gasteiger partial charge in [-0.15, -0.1) is 5.10 Å². The molecule has 0 amide bonds. The Morgan fingerprint density at radius 2 is 1.53 bits per heavy atom. The minimum absolute atomic E-state index is 0.0445. The highest BCUT2D eigenvalue weighted by atomic mass is 15.3. The predicted molar refractivity (Wildman–Crippen MR) is 79.1 cm³/mol. The zero-order valence-electron chi connectivity index (χ0n) is 10.5. The summed E-state index contributed by atoms with van der Waals surface area (Å²) in [5.74, 6) is -0.0445. The van der Waals surface area contributed by atoms with Crippen molar-refractivity contribution in [2.45, 2.75) is 6.42 Å². The van der Waals surface area contributed by atoms with E-state index in [9.17, 15) is 0 Å². The Bertz CT molecular complexity index is 567. The third-order valence-electron chi connectivity index (χ3n) is 2.61. The van der Waals surface area contributed by atoms with Crippen molar-refractivity contribution in [1.29, 1.82) is 0 Å². The molecule has 0 saturated heterocycles. The lowest BCUT2D eigenvalue weighted by Gasteiger charge is -2.02. The van der Waals surface area contributed by atoms with Gasteiger partial charge in [0, 0.05) is 0 Å². The predicted octanol–water partition coefficient (Wildman–Crippen LogP) is 1.88. The minimum atomic E-state index is -0.0445. The second-order valence-corrected chi connectivity index (χ2v) is 4.17. The first-order valence-corrected chi connectivity index (χ1v) is 5.99. The third kappa shape index (κ3) is 4.27. The summed E-state index contributed by atoms with van der Waals surface area (Å²) in [6.45, 7) is 0. The Morgan fingerprint density at radius 1 is 0.895 bits per heavy atom. The van der Waals surface area contributed by atoms with Crippen LogP contribution in [-0.4, -0.2) is 12.2 Å². The molecule has 0 saturated carbocycles. The first-order chi connectivity index (χ1) is 9.24. The van der Waals surface area contributed by atoms with Crippen molar-refractivity contribution in [3.8, 4) is 0 Å². The number of nitrogens with zero attached hydrogens (tertiary/aromatic N) is 2. The van der Waals surface area contributed by atoms with Gasteiger partial charge in [0.15, 0.2) is 0 Å². The molecule has 19 heavy (non-hydrogen) atoms. The van der Waals surface area contributed by atoms with Gasteiger partial charge in [0.25, 0.3) is 0 Å². The molecule has 0 radical (unpaired) electrons. The Morgan fingerprint density at radius 3 is 2.16 bits per heavy atom. The summed E-state index contributed by atoms with van der Waals surface area (Å²) in [5.41, 5.74) is 13.9. The van der Waals surface area contributed by atoms with Crippen LogP contribution in [0.1, 0.15) is 16.7 Å². The van der Waals surface area contributed by atoms with E-state index in [1.54, 1.807) is 6.21 Å². The quantitative estimate of drug-likeness (QED) is 0.495. The fourth-order valence-electron chi connectivity index (χ4n) is 1.72. The number of rotatable bonds is 4. The first-order valence-electron chi connectivity index (χ1n) is 5.99. The highest BCUT2D eigenvalue weighted by Gasteiger charge is 1.95. The van der Waals surface area contributed by atoms with Gasteiger partial charge in [0.1, 0.15) is 0 Å². The first kappa shape index (κ1) is 12.8. The molecule has 0 atom stereocenters. The molecule has 0 heterocycles. The van der Waals surface area contributed by atoms with E-state index >= 15 is 0 Å². The highest BCUT2D eigenvalue weighted by Crippen LogP contribution is 2.09. The molecule has 0 unspecified atom stereocenters. The molecule has 4 N–H and O–H groups in total. The highest BCUT2D eigenvalue weighted by molar-refractivity contribution is 5.81. The number of hydrogen-bond acceptors (Lipinski definition) is 2. The van der Waals surface area contributed by atoms with Crippen molar-refractivity contribution in [3.05, 3.63) is 71.3 Å². The van der Waals surface area contributed by atoms with Crippen molar-refractivity contribution in [3.63, 3.8) is 0 Å². The minimum Gasteiger partial charge on any atom is -0.369 e. The summed E-state index contributed by atoms with van der Waals surface area (Å²) in [5, 5.41) is 7.32. The maximum Gasteiger partial charge on any atom is 0.211 e. The van der Waals surface area contributed by atoms with Crippen LogP contribution >= 0.6 is 0 Å². The van der Waals surface area contributed by atoms with Gasteiger partial charge in [-0.3, -0.25) is 0 Å². The molecule has 96 valence electrons. The Balaban J connectivity index is 2.03. The molecule has 4 nitrogen and oxygen atoms in total. The van der Waals surface area contributed by atoms with Crippen molar-refractivity contribution >= 4 is 12.2 Å². The van der Waals surface area contributed by atoms with Gasteiger partial charge in [0.2, 0.25) is 5.96 Å². The average molecular weight is 252 g/mol. The van der Waals surface area contributed by atoms with E-state index in [0.717, 1.165) is 12.0 Å². The van der Waals surface area contributed by atoms with E-state index in [4.69, 9.17) is 11.5 Å². The summed E-state index contributed by atoms with van der Waals surface area (Å²) >= 11 is 0. The maximum absolute atomic E-state index is 5.18. The van der Waals surface area contributed by atoms with Crippen LogP contribution in [0.2, 0.25) is 0 Å². The van der Waals surface area contributed by atoms with Crippen LogP contribution < -0.4 is 11.5 Å². The number of nitrogens with two attached hydrogens (primary N) is 2. The summed E-state index contributed by atoms with van der Waals surface area (Å²) in [6, 6.07) is 18.5. The summed E-state index contributed by atoms with van der Waals surface area (Å²) in [6.07, 6.45) is 2.54. The fourth-order valence-corrected chi connectivity index (χ4v) is 1.72. The molecule has 2 aromatic carbocycles.